The Morgan fingerprint density at radius 2 is 1.94 bits per heavy atom. The van der Waals surface area contributed by atoms with Gasteiger partial charge in [0, 0.05) is 17.0 Å². The molecule has 9 heteroatoms. The van der Waals surface area contributed by atoms with Crippen molar-refractivity contribution in [3.63, 3.8) is 0 Å². The third-order valence-corrected chi connectivity index (χ3v) is 5.70. The number of nitrogens with zero attached hydrogens (tertiary/aromatic N) is 3. The van der Waals surface area contributed by atoms with Crippen LogP contribution < -0.4 is 14.9 Å². The summed E-state index contributed by atoms with van der Waals surface area (Å²) in [7, 11) is 1.54. The van der Waals surface area contributed by atoms with Gasteiger partial charge in [0.1, 0.15) is 6.61 Å². The van der Waals surface area contributed by atoms with Gasteiger partial charge >= 0.3 is 0 Å². The highest BCUT2D eigenvalue weighted by molar-refractivity contribution is 7.14. The summed E-state index contributed by atoms with van der Waals surface area (Å²) in [5.74, 6) is 0.981. The molecular weight excluding hydrogens is 452 g/mol. The van der Waals surface area contributed by atoms with E-state index in [1.54, 1.807) is 24.4 Å². The molecule has 4 rings (SSSR count). The third kappa shape index (κ3) is 5.57. The van der Waals surface area contributed by atoms with Crippen LogP contribution in [0.4, 0.5) is 10.8 Å². The van der Waals surface area contributed by atoms with E-state index in [0.29, 0.717) is 22.2 Å². The van der Waals surface area contributed by atoms with Gasteiger partial charge in [-0.2, -0.15) is 5.10 Å². The average molecular weight is 475 g/mol. The molecule has 0 unspecified atom stereocenters. The molecule has 0 saturated heterocycles. The normalized spacial score (nSPS) is 10.9. The summed E-state index contributed by atoms with van der Waals surface area (Å²) >= 11 is 1.47. The molecule has 3 aromatic carbocycles. The van der Waals surface area contributed by atoms with Gasteiger partial charge in [0.05, 0.1) is 29.5 Å². The number of hydrogen-bond donors (Lipinski definition) is 1. The number of aryl methyl sites for hydroxylation is 1. The number of benzene rings is 3. The molecule has 0 spiro atoms. The van der Waals surface area contributed by atoms with Crippen molar-refractivity contribution in [1.29, 1.82) is 0 Å². The molecule has 0 aliphatic rings. The van der Waals surface area contributed by atoms with E-state index >= 15 is 0 Å². The Bertz CT molecular complexity index is 1320. The fraction of sp³-hybridized carbons (Fsp3) is 0.120. The van der Waals surface area contributed by atoms with E-state index in [-0.39, 0.29) is 12.3 Å². The SMILES string of the molecule is COc1cc(C=NNc2nc(-c3ccccc3)cs2)ccc1OCc1ccc(C)cc1[N+](=O)[O-]. The molecule has 34 heavy (non-hydrogen) atoms. The van der Waals surface area contributed by atoms with Crippen LogP contribution >= 0.6 is 11.3 Å². The number of hydrogen-bond acceptors (Lipinski definition) is 8. The molecule has 0 saturated carbocycles. The molecule has 1 N–H and O–H groups in total. The molecule has 0 bridgehead atoms. The van der Waals surface area contributed by atoms with Crippen LogP contribution in [0, 0.1) is 17.0 Å². The number of rotatable bonds is 9. The van der Waals surface area contributed by atoms with Crippen molar-refractivity contribution in [3.05, 3.63) is 98.9 Å². The molecular formula is C25H22N4O4S. The van der Waals surface area contributed by atoms with Crippen molar-refractivity contribution < 1.29 is 14.4 Å². The quantitative estimate of drug-likeness (QED) is 0.180. The molecule has 172 valence electrons. The van der Waals surface area contributed by atoms with Gasteiger partial charge in [-0.05, 0) is 42.3 Å². The van der Waals surface area contributed by atoms with Gasteiger partial charge < -0.3 is 9.47 Å². The maximum Gasteiger partial charge on any atom is 0.276 e. The second-order valence-corrected chi connectivity index (χ2v) is 8.22. The fourth-order valence-electron chi connectivity index (χ4n) is 3.23. The zero-order valence-electron chi connectivity index (χ0n) is 18.6. The van der Waals surface area contributed by atoms with Gasteiger partial charge in [-0.1, -0.05) is 36.4 Å². The van der Waals surface area contributed by atoms with Gasteiger partial charge in [0.25, 0.3) is 5.69 Å². The first kappa shape index (κ1) is 22.9. The standard InChI is InChI=1S/C25H22N4O4S/c1-17-8-10-20(22(12-17)29(30)31)15-33-23-11-9-18(13-24(23)32-2)14-26-28-25-27-21(16-34-25)19-6-4-3-5-7-19/h3-14,16H,15H2,1-2H3,(H,27,28). The van der Waals surface area contributed by atoms with Crippen molar-refractivity contribution >= 4 is 28.4 Å². The molecule has 0 atom stereocenters. The van der Waals surface area contributed by atoms with E-state index in [4.69, 9.17) is 9.47 Å². The van der Waals surface area contributed by atoms with Gasteiger partial charge in [0.2, 0.25) is 5.13 Å². The average Bonchev–Trinajstić information content (AvgIpc) is 3.33. The van der Waals surface area contributed by atoms with Gasteiger partial charge in [-0.3, -0.25) is 15.5 Å². The molecule has 0 radical (unpaired) electrons. The number of thiazole rings is 1. The largest absolute Gasteiger partial charge is 0.493 e. The summed E-state index contributed by atoms with van der Waals surface area (Å²) < 4.78 is 11.3. The van der Waals surface area contributed by atoms with Crippen LogP contribution in [0.15, 0.2) is 77.2 Å². The van der Waals surface area contributed by atoms with Gasteiger partial charge in [-0.25, -0.2) is 4.98 Å². The minimum absolute atomic E-state index is 0.0337. The van der Waals surface area contributed by atoms with Crippen molar-refractivity contribution in [3.8, 4) is 22.8 Å². The first-order valence-electron chi connectivity index (χ1n) is 10.4. The number of nitro groups is 1. The van der Waals surface area contributed by atoms with Crippen LogP contribution in [-0.4, -0.2) is 23.2 Å². The lowest BCUT2D eigenvalue weighted by atomic mass is 10.1. The maximum atomic E-state index is 11.3. The van der Waals surface area contributed by atoms with Crippen LogP contribution in [0.25, 0.3) is 11.3 Å². The lowest BCUT2D eigenvalue weighted by molar-refractivity contribution is -0.385. The predicted molar refractivity (Wildman–Crippen MR) is 134 cm³/mol. The minimum atomic E-state index is -0.402. The molecule has 8 nitrogen and oxygen atoms in total. The predicted octanol–water partition coefficient (Wildman–Crippen LogP) is 6.06. The van der Waals surface area contributed by atoms with E-state index in [2.05, 4.69) is 15.5 Å². The van der Waals surface area contributed by atoms with Crippen molar-refractivity contribution in [1.82, 2.24) is 4.98 Å². The molecule has 1 heterocycles. The molecule has 0 fully saturated rings. The molecule has 1 aromatic heterocycles. The smallest absolute Gasteiger partial charge is 0.276 e. The highest BCUT2D eigenvalue weighted by atomic mass is 32.1. The first-order valence-corrected chi connectivity index (χ1v) is 11.3. The van der Waals surface area contributed by atoms with Gasteiger partial charge in [0.15, 0.2) is 11.5 Å². The number of aromatic nitrogens is 1. The number of ether oxygens (including phenoxy) is 2. The number of nitrogens with one attached hydrogen (secondary N) is 1. The number of hydrazone groups is 1. The highest BCUT2D eigenvalue weighted by Gasteiger charge is 2.15. The van der Waals surface area contributed by atoms with Crippen LogP contribution in [0.3, 0.4) is 0 Å². The summed E-state index contributed by atoms with van der Waals surface area (Å²) in [5.41, 5.74) is 7.02. The molecule has 0 amide bonds. The topological polar surface area (TPSA) is 98.9 Å². The van der Waals surface area contributed by atoms with Crippen LogP contribution in [-0.2, 0) is 6.61 Å². The van der Waals surface area contributed by atoms with E-state index < -0.39 is 4.92 Å². The maximum absolute atomic E-state index is 11.3. The van der Waals surface area contributed by atoms with Crippen LogP contribution in [0.2, 0.25) is 0 Å². The lowest BCUT2D eigenvalue weighted by Gasteiger charge is -2.11. The Morgan fingerprint density at radius 1 is 1.12 bits per heavy atom. The Morgan fingerprint density at radius 3 is 2.71 bits per heavy atom. The van der Waals surface area contributed by atoms with Crippen molar-refractivity contribution in [2.45, 2.75) is 13.5 Å². The third-order valence-electron chi connectivity index (χ3n) is 4.96. The summed E-state index contributed by atoms with van der Waals surface area (Å²) in [5, 5.41) is 18.2. The zero-order chi connectivity index (χ0) is 23.9. The van der Waals surface area contributed by atoms with E-state index in [1.807, 2.05) is 54.8 Å². The Balaban J connectivity index is 1.41. The second kappa shape index (κ2) is 10.6. The highest BCUT2D eigenvalue weighted by Crippen LogP contribution is 2.30. The van der Waals surface area contributed by atoms with E-state index in [0.717, 1.165) is 22.4 Å². The zero-order valence-corrected chi connectivity index (χ0v) is 19.4. The molecule has 0 aliphatic heterocycles. The van der Waals surface area contributed by atoms with Crippen molar-refractivity contribution in [2.75, 3.05) is 12.5 Å². The van der Waals surface area contributed by atoms with E-state index in [1.165, 1.54) is 24.5 Å². The monoisotopic (exact) mass is 474 g/mol. The summed E-state index contributed by atoms with van der Waals surface area (Å²) in [6, 6.07) is 20.3. The Labute approximate surface area is 200 Å². The van der Waals surface area contributed by atoms with Gasteiger partial charge in [-0.15, -0.1) is 11.3 Å². The Hall–Kier alpha value is -4.24. The summed E-state index contributed by atoms with van der Waals surface area (Å²) in [4.78, 5) is 15.5. The van der Waals surface area contributed by atoms with Crippen molar-refractivity contribution in [2.24, 2.45) is 5.10 Å². The van der Waals surface area contributed by atoms with Crippen LogP contribution in [0.5, 0.6) is 11.5 Å². The summed E-state index contributed by atoms with van der Waals surface area (Å²) in [6.07, 6.45) is 1.65. The molecule has 0 aliphatic carbocycles. The number of nitro benzene ring substituents is 1. The van der Waals surface area contributed by atoms with Crippen LogP contribution in [0.1, 0.15) is 16.7 Å². The minimum Gasteiger partial charge on any atom is -0.493 e. The number of anilines is 1. The lowest BCUT2D eigenvalue weighted by Crippen LogP contribution is -2.02. The number of methoxy groups -OCH3 is 1. The fourth-order valence-corrected chi connectivity index (χ4v) is 3.90. The Kier molecular flexibility index (Phi) is 7.14. The molecule has 4 aromatic rings. The first-order chi connectivity index (χ1) is 16.5. The summed E-state index contributed by atoms with van der Waals surface area (Å²) in [6.45, 7) is 1.86. The second-order valence-electron chi connectivity index (χ2n) is 7.36. The van der Waals surface area contributed by atoms with E-state index in [9.17, 15) is 10.1 Å².